The first-order chi connectivity index (χ1) is 24.9. The third-order valence-electron chi connectivity index (χ3n) is 7.90. The van der Waals surface area contributed by atoms with Crippen LogP contribution in [0.5, 0.6) is 0 Å². The number of unbranched alkanes of at least 4 members (excludes halogenated alkanes) is 1. The summed E-state index contributed by atoms with van der Waals surface area (Å²) in [5.41, 5.74) is 12.7. The van der Waals surface area contributed by atoms with Crippen molar-refractivity contribution < 1.29 is 48.6 Å². The van der Waals surface area contributed by atoms with Gasteiger partial charge >= 0.3 is 5.97 Å². The number of carboxylic acid groups (broad SMARTS) is 1. The molecule has 0 fully saturated rings. The van der Waals surface area contributed by atoms with Crippen molar-refractivity contribution in [2.75, 3.05) is 13.1 Å². The first-order valence-corrected chi connectivity index (χ1v) is 17.5. The highest BCUT2D eigenvalue weighted by atomic mass is 16.4. The molecule has 21 nitrogen and oxygen atoms in total. The van der Waals surface area contributed by atoms with E-state index in [0.29, 0.717) is 19.4 Å². The van der Waals surface area contributed by atoms with E-state index in [9.17, 15) is 48.6 Å². The highest BCUT2D eigenvalue weighted by molar-refractivity contribution is 5.96. The van der Waals surface area contributed by atoms with Crippen LogP contribution in [-0.4, -0.2) is 113 Å². The summed E-state index contributed by atoms with van der Waals surface area (Å²) in [4.78, 5) is 101. The number of carbonyl (C=O) groups is 8. The Morgan fingerprint density at radius 3 is 1.83 bits per heavy atom. The number of amides is 6. The van der Waals surface area contributed by atoms with Gasteiger partial charge in [-0.3, -0.25) is 44.4 Å². The van der Waals surface area contributed by atoms with Crippen molar-refractivity contribution in [3.05, 3.63) is 0 Å². The highest BCUT2D eigenvalue weighted by Crippen LogP contribution is 2.12. The van der Waals surface area contributed by atoms with Gasteiger partial charge in [-0.25, -0.2) is 5.84 Å². The molecule has 0 aliphatic heterocycles. The molecule has 0 aromatic heterocycles. The Bertz CT molecular complexity index is 1250. The molecule has 53 heavy (non-hydrogen) atoms. The molecule has 0 aromatic rings. The topological polar surface area (TPSA) is 363 Å². The fourth-order valence-electron chi connectivity index (χ4n) is 4.95. The summed E-state index contributed by atoms with van der Waals surface area (Å²) in [7, 11) is 0. The number of hydrazine groups is 1. The van der Waals surface area contributed by atoms with Crippen LogP contribution in [0.4, 0.5) is 0 Å². The van der Waals surface area contributed by atoms with E-state index in [4.69, 9.17) is 22.7 Å². The summed E-state index contributed by atoms with van der Waals surface area (Å²) in [6.07, 6.45) is -0.603. The van der Waals surface area contributed by atoms with Crippen LogP contribution in [0, 0.1) is 17.2 Å². The molecule has 0 aliphatic carbocycles. The van der Waals surface area contributed by atoms with Gasteiger partial charge in [0, 0.05) is 18.9 Å². The molecule has 0 heterocycles. The molecule has 7 atom stereocenters. The zero-order valence-electron chi connectivity index (χ0n) is 30.9. The normalized spacial score (nSPS) is 14.9. The van der Waals surface area contributed by atoms with Crippen molar-refractivity contribution in [2.24, 2.45) is 29.1 Å². The van der Waals surface area contributed by atoms with Gasteiger partial charge in [0.15, 0.2) is 5.96 Å². The summed E-state index contributed by atoms with van der Waals surface area (Å²) < 4.78 is 0. The highest BCUT2D eigenvalue weighted by Gasteiger charge is 2.34. The van der Waals surface area contributed by atoms with Crippen LogP contribution in [-0.2, 0) is 38.4 Å². The van der Waals surface area contributed by atoms with Crippen LogP contribution >= 0.6 is 0 Å². The van der Waals surface area contributed by atoms with E-state index >= 15 is 0 Å². The molecule has 302 valence electrons. The number of aliphatic carboxylic acids is 1. The number of carbonyl (C=O) groups excluding carboxylic acids is 7. The van der Waals surface area contributed by atoms with Crippen molar-refractivity contribution in [3.63, 3.8) is 0 Å². The lowest BCUT2D eigenvalue weighted by molar-refractivity contribution is -0.139. The minimum Gasteiger partial charge on any atom is -0.481 e. The molecular formula is C32H59N11O10. The molecule has 0 rings (SSSR count). The molecule has 0 unspecified atom stereocenters. The Morgan fingerprint density at radius 2 is 1.32 bits per heavy atom. The Hall–Kier alpha value is -4.89. The fraction of sp³-hybridized carbons (Fsp3) is 0.719. The molecule has 0 radical (unpaired) electrons. The molecule has 0 saturated heterocycles. The van der Waals surface area contributed by atoms with E-state index in [0.717, 1.165) is 13.3 Å². The van der Waals surface area contributed by atoms with Crippen LogP contribution in [0.3, 0.4) is 0 Å². The number of hydrogen-bond donors (Lipinski definition) is 13. The Morgan fingerprint density at radius 1 is 0.755 bits per heavy atom. The van der Waals surface area contributed by atoms with Crippen molar-refractivity contribution in [3.8, 4) is 0 Å². The molecule has 0 saturated carbocycles. The number of rotatable bonds is 27. The average Bonchev–Trinajstić information content (AvgIpc) is 3.08. The Labute approximate surface area is 308 Å². The largest absolute Gasteiger partial charge is 0.481 e. The molecule has 0 aromatic carbocycles. The number of guanidine groups is 1. The maximum Gasteiger partial charge on any atom is 0.303 e. The van der Waals surface area contributed by atoms with Crippen molar-refractivity contribution >= 4 is 53.7 Å². The second-order valence-corrected chi connectivity index (χ2v) is 13.2. The standard InChI is InChI=1S/C32H59N11O10/c1-17(2)14-23(41-27(49)18(3)8-5-6-12-33)30(52)39-21(9-7-13-37-32(34)35)28(50)40-22(10-11-25(47)48)29(51)42-26(19(4)45)31(53)38-20(16-44)15-24(46)43-36/h16-23,26,45H,5-15,33,36H2,1-4H3,(H,38,53)(H,39,52)(H,40,50)(H,41,49)(H,42,51)(H,43,46)(H,47,48)(H4,34,35,37)/t18-,19+,20-,21-,22-,23-,26-/m0/s1. The predicted octanol–water partition coefficient (Wildman–Crippen LogP) is -3.69. The van der Waals surface area contributed by atoms with Gasteiger partial charge in [0.25, 0.3) is 0 Å². The first kappa shape index (κ1) is 48.1. The number of aliphatic hydroxyl groups is 1. The number of carboxylic acids is 1. The Kier molecular flexibility index (Phi) is 23.6. The van der Waals surface area contributed by atoms with Gasteiger partial charge in [-0.1, -0.05) is 27.2 Å². The van der Waals surface area contributed by atoms with Crippen LogP contribution in [0.25, 0.3) is 0 Å². The molecule has 0 aliphatic rings. The number of nitrogens with one attached hydrogen (secondary N) is 8. The number of aldehydes is 1. The average molecular weight is 758 g/mol. The lowest BCUT2D eigenvalue weighted by Crippen LogP contribution is -2.60. The van der Waals surface area contributed by atoms with Gasteiger partial charge < -0.3 is 58.4 Å². The van der Waals surface area contributed by atoms with E-state index < -0.39 is 97.0 Å². The lowest BCUT2D eigenvalue weighted by atomic mass is 9.99. The molecule has 16 N–H and O–H groups in total. The smallest absolute Gasteiger partial charge is 0.303 e. The SMILES string of the molecule is CC(C)C[C@H](NC(=O)[C@@H](C)CCCCN)C(=O)N[C@@H](CCCNC(=N)N)C(=O)N[C@@H](CCC(=O)O)C(=O)N[C@H](C(=O)N[C@H](C=O)CC(=O)NN)[C@@H](C)O. The van der Waals surface area contributed by atoms with E-state index in [1.807, 2.05) is 13.8 Å². The van der Waals surface area contributed by atoms with E-state index in [1.54, 1.807) is 12.3 Å². The van der Waals surface area contributed by atoms with Crippen LogP contribution < -0.4 is 54.6 Å². The molecule has 0 bridgehead atoms. The predicted molar refractivity (Wildman–Crippen MR) is 192 cm³/mol. The van der Waals surface area contributed by atoms with Crippen molar-refractivity contribution in [2.45, 2.75) is 122 Å². The number of hydrogen-bond acceptors (Lipinski definition) is 12. The van der Waals surface area contributed by atoms with Gasteiger partial charge in [0.2, 0.25) is 35.4 Å². The van der Waals surface area contributed by atoms with Crippen LogP contribution in [0.15, 0.2) is 0 Å². The fourth-order valence-corrected chi connectivity index (χ4v) is 4.95. The van der Waals surface area contributed by atoms with E-state index in [2.05, 4.69) is 31.9 Å². The summed E-state index contributed by atoms with van der Waals surface area (Å²) in [5, 5.41) is 41.8. The van der Waals surface area contributed by atoms with Gasteiger partial charge in [0.05, 0.1) is 18.6 Å². The summed E-state index contributed by atoms with van der Waals surface area (Å²) in [5.74, 6) is -2.02. The molecule has 0 spiro atoms. The summed E-state index contributed by atoms with van der Waals surface area (Å²) >= 11 is 0. The lowest BCUT2D eigenvalue weighted by Gasteiger charge is -2.28. The van der Waals surface area contributed by atoms with Gasteiger partial charge in [-0.2, -0.15) is 0 Å². The first-order valence-electron chi connectivity index (χ1n) is 17.5. The van der Waals surface area contributed by atoms with Gasteiger partial charge in [-0.05, 0) is 57.9 Å². The van der Waals surface area contributed by atoms with E-state index in [-0.39, 0.29) is 49.9 Å². The zero-order valence-corrected chi connectivity index (χ0v) is 30.9. The Balaban J connectivity index is 6.25. The third-order valence-corrected chi connectivity index (χ3v) is 7.90. The van der Waals surface area contributed by atoms with Crippen molar-refractivity contribution in [1.82, 2.24) is 37.3 Å². The minimum atomic E-state index is -1.72. The minimum absolute atomic E-state index is 0.0478. The maximum atomic E-state index is 13.7. The maximum absolute atomic E-state index is 13.7. The molecule has 6 amide bonds. The number of aliphatic hydroxyl groups excluding tert-OH is 1. The van der Waals surface area contributed by atoms with Crippen LogP contribution in [0.1, 0.15) is 85.5 Å². The van der Waals surface area contributed by atoms with Crippen LogP contribution in [0.2, 0.25) is 0 Å². The summed E-state index contributed by atoms with van der Waals surface area (Å²) in [6, 6.07) is -7.07. The van der Waals surface area contributed by atoms with E-state index in [1.165, 1.54) is 0 Å². The second-order valence-electron chi connectivity index (χ2n) is 13.2. The van der Waals surface area contributed by atoms with Gasteiger partial charge in [0.1, 0.15) is 30.5 Å². The zero-order chi connectivity index (χ0) is 40.7. The quantitative estimate of drug-likeness (QED) is 0.00730. The monoisotopic (exact) mass is 757 g/mol. The summed E-state index contributed by atoms with van der Waals surface area (Å²) in [6.45, 7) is 7.17. The number of nitrogens with two attached hydrogens (primary N) is 3. The molecular weight excluding hydrogens is 698 g/mol. The third kappa shape index (κ3) is 20.7. The van der Waals surface area contributed by atoms with Crippen molar-refractivity contribution in [1.29, 1.82) is 5.41 Å². The van der Waals surface area contributed by atoms with Gasteiger partial charge in [-0.15, -0.1) is 0 Å². The second kappa shape index (κ2) is 26.0. The molecule has 21 heteroatoms.